The molecule has 0 saturated carbocycles. The molecule has 0 unspecified atom stereocenters. The fourth-order valence-corrected chi connectivity index (χ4v) is 3.31. The van der Waals surface area contributed by atoms with Crippen molar-refractivity contribution in [3.05, 3.63) is 115 Å². The molecule has 0 aliphatic heterocycles. The highest BCUT2D eigenvalue weighted by Crippen LogP contribution is 2.34. The van der Waals surface area contributed by atoms with Gasteiger partial charge in [-0.25, -0.2) is 4.98 Å². The Kier molecular flexibility index (Phi) is 6.78. The maximum atomic E-state index is 6.10. The molecule has 5 rings (SSSR count). The summed E-state index contributed by atoms with van der Waals surface area (Å²) < 4.78 is 12.2. The summed E-state index contributed by atoms with van der Waals surface area (Å²) in [5.41, 5.74) is 2.75. The highest BCUT2D eigenvalue weighted by molar-refractivity contribution is 5.81. The summed E-state index contributed by atoms with van der Waals surface area (Å²) in [5.74, 6) is 2.93. The lowest BCUT2D eigenvalue weighted by Crippen LogP contribution is -1.91. The average molecular weight is 420 g/mol. The molecule has 4 aromatic carbocycles. The molecular formula is C29H25NO2. The zero-order chi connectivity index (χ0) is 22.2. The van der Waals surface area contributed by atoms with Gasteiger partial charge in [-0.1, -0.05) is 74.5 Å². The number of aromatic nitrogens is 1. The molecule has 0 spiro atoms. The van der Waals surface area contributed by atoms with E-state index in [1.165, 1.54) is 0 Å². The van der Waals surface area contributed by atoms with Gasteiger partial charge < -0.3 is 9.47 Å². The van der Waals surface area contributed by atoms with Crippen LogP contribution in [0.4, 0.5) is 0 Å². The first-order valence-electron chi connectivity index (χ1n) is 10.8. The first-order chi connectivity index (χ1) is 15.8. The van der Waals surface area contributed by atoms with E-state index in [4.69, 9.17) is 14.5 Å². The van der Waals surface area contributed by atoms with Crippen molar-refractivity contribution in [1.29, 1.82) is 0 Å². The summed E-state index contributed by atoms with van der Waals surface area (Å²) in [4.78, 5) is 4.83. The fourth-order valence-electron chi connectivity index (χ4n) is 3.31. The molecule has 3 heteroatoms. The molecule has 158 valence electrons. The lowest BCUT2D eigenvalue weighted by molar-refractivity contribution is 0.460. The zero-order valence-corrected chi connectivity index (χ0v) is 18.2. The SMILES string of the molecule is CC.c1ccc(Oc2cc(Oc3ccccc3)cc(-c3ccc4ccccc4n3)c2)cc1. The van der Waals surface area contributed by atoms with E-state index in [0.29, 0.717) is 11.5 Å². The van der Waals surface area contributed by atoms with Crippen LogP contribution in [0.2, 0.25) is 0 Å². The molecule has 32 heavy (non-hydrogen) atoms. The summed E-state index contributed by atoms with van der Waals surface area (Å²) in [6, 6.07) is 37.5. The fraction of sp³-hybridized carbons (Fsp3) is 0.0690. The average Bonchev–Trinajstić information content (AvgIpc) is 2.86. The van der Waals surface area contributed by atoms with E-state index >= 15 is 0 Å². The van der Waals surface area contributed by atoms with Crippen molar-refractivity contribution in [2.45, 2.75) is 13.8 Å². The van der Waals surface area contributed by atoms with Crippen molar-refractivity contribution >= 4 is 10.9 Å². The molecule has 1 aromatic heterocycles. The van der Waals surface area contributed by atoms with Crippen LogP contribution >= 0.6 is 0 Å². The van der Waals surface area contributed by atoms with Crippen LogP contribution in [0.15, 0.2) is 115 Å². The molecule has 0 bridgehead atoms. The molecule has 0 saturated heterocycles. The summed E-state index contributed by atoms with van der Waals surface area (Å²) in [7, 11) is 0. The molecule has 0 aliphatic rings. The first-order valence-corrected chi connectivity index (χ1v) is 10.8. The molecule has 0 amide bonds. The van der Waals surface area contributed by atoms with Crippen molar-refractivity contribution < 1.29 is 9.47 Å². The van der Waals surface area contributed by atoms with Crippen LogP contribution in [0.3, 0.4) is 0 Å². The van der Waals surface area contributed by atoms with Crippen LogP contribution in [-0.4, -0.2) is 4.98 Å². The van der Waals surface area contributed by atoms with E-state index in [1.54, 1.807) is 0 Å². The highest BCUT2D eigenvalue weighted by atomic mass is 16.5. The predicted molar refractivity (Wildman–Crippen MR) is 132 cm³/mol. The van der Waals surface area contributed by atoms with Gasteiger partial charge >= 0.3 is 0 Å². The van der Waals surface area contributed by atoms with Crippen LogP contribution < -0.4 is 9.47 Å². The summed E-state index contributed by atoms with van der Waals surface area (Å²) >= 11 is 0. The van der Waals surface area contributed by atoms with Gasteiger partial charge in [-0.3, -0.25) is 0 Å². The number of para-hydroxylation sites is 3. The monoisotopic (exact) mass is 419 g/mol. The van der Waals surface area contributed by atoms with Gasteiger partial charge in [0.1, 0.15) is 23.0 Å². The first kappa shape index (κ1) is 21.1. The topological polar surface area (TPSA) is 31.4 Å². The molecule has 3 nitrogen and oxygen atoms in total. The Balaban J connectivity index is 0.00000119. The molecule has 1 heterocycles. The van der Waals surface area contributed by atoms with E-state index in [9.17, 15) is 0 Å². The van der Waals surface area contributed by atoms with Crippen LogP contribution in [0.25, 0.3) is 22.2 Å². The lowest BCUT2D eigenvalue weighted by atomic mass is 10.1. The molecule has 0 fully saturated rings. The van der Waals surface area contributed by atoms with Gasteiger partial charge in [-0.05, 0) is 48.5 Å². The Morgan fingerprint density at radius 1 is 0.500 bits per heavy atom. The van der Waals surface area contributed by atoms with Gasteiger partial charge in [0, 0.05) is 17.0 Å². The van der Waals surface area contributed by atoms with Gasteiger partial charge in [0.15, 0.2) is 0 Å². The Morgan fingerprint density at radius 3 is 1.62 bits per heavy atom. The number of hydrogen-bond acceptors (Lipinski definition) is 3. The smallest absolute Gasteiger partial charge is 0.131 e. The van der Waals surface area contributed by atoms with E-state index in [1.807, 2.05) is 117 Å². The second-order valence-corrected chi connectivity index (χ2v) is 6.91. The Bertz CT molecular complexity index is 1220. The number of pyridine rings is 1. The maximum absolute atomic E-state index is 6.10. The summed E-state index contributed by atoms with van der Waals surface area (Å²) in [6.45, 7) is 4.00. The predicted octanol–water partition coefficient (Wildman–Crippen LogP) is 8.51. The van der Waals surface area contributed by atoms with Crippen LogP contribution in [0, 0.1) is 0 Å². The van der Waals surface area contributed by atoms with Gasteiger partial charge in [-0.2, -0.15) is 0 Å². The van der Waals surface area contributed by atoms with Crippen LogP contribution in [0.1, 0.15) is 13.8 Å². The zero-order valence-electron chi connectivity index (χ0n) is 18.2. The lowest BCUT2D eigenvalue weighted by Gasteiger charge is -2.12. The van der Waals surface area contributed by atoms with Crippen molar-refractivity contribution in [1.82, 2.24) is 4.98 Å². The Hall–Kier alpha value is -4.11. The van der Waals surface area contributed by atoms with Crippen LogP contribution in [0.5, 0.6) is 23.0 Å². The molecular weight excluding hydrogens is 394 g/mol. The molecule has 0 N–H and O–H groups in total. The minimum Gasteiger partial charge on any atom is -0.457 e. The summed E-state index contributed by atoms with van der Waals surface area (Å²) in [5, 5.41) is 1.11. The van der Waals surface area contributed by atoms with E-state index in [0.717, 1.165) is 33.7 Å². The maximum Gasteiger partial charge on any atom is 0.131 e. The second kappa shape index (κ2) is 10.3. The standard InChI is InChI=1S/C27H19NO2.C2H6/c1-3-10-22(11-4-1)29-24-17-21(18-25(19-24)30-23-12-5-2-6-13-23)27-16-15-20-9-7-8-14-26(20)28-27;1-2/h1-19H;1-2H3. The number of rotatable bonds is 5. The molecule has 0 aliphatic carbocycles. The molecule has 0 radical (unpaired) electrons. The molecule has 5 aromatic rings. The minimum absolute atomic E-state index is 0.694. The number of benzene rings is 4. The van der Waals surface area contributed by atoms with E-state index in [2.05, 4.69) is 12.1 Å². The highest BCUT2D eigenvalue weighted by Gasteiger charge is 2.09. The minimum atomic E-state index is 0.694. The van der Waals surface area contributed by atoms with E-state index in [-0.39, 0.29) is 0 Å². The Morgan fingerprint density at radius 2 is 1.03 bits per heavy atom. The van der Waals surface area contributed by atoms with Gasteiger partial charge in [0.25, 0.3) is 0 Å². The van der Waals surface area contributed by atoms with E-state index < -0.39 is 0 Å². The third kappa shape index (κ3) is 5.13. The van der Waals surface area contributed by atoms with Crippen molar-refractivity contribution in [3.8, 4) is 34.3 Å². The van der Waals surface area contributed by atoms with Crippen molar-refractivity contribution in [2.24, 2.45) is 0 Å². The third-order valence-electron chi connectivity index (χ3n) is 4.73. The number of ether oxygens (including phenoxy) is 2. The van der Waals surface area contributed by atoms with Gasteiger partial charge in [0.05, 0.1) is 11.2 Å². The number of fused-ring (bicyclic) bond motifs is 1. The quantitative estimate of drug-likeness (QED) is 0.286. The normalized spacial score (nSPS) is 10.2. The van der Waals surface area contributed by atoms with Crippen molar-refractivity contribution in [2.75, 3.05) is 0 Å². The largest absolute Gasteiger partial charge is 0.457 e. The summed E-state index contributed by atoms with van der Waals surface area (Å²) in [6.07, 6.45) is 0. The molecule has 0 atom stereocenters. The second-order valence-electron chi connectivity index (χ2n) is 6.91. The van der Waals surface area contributed by atoms with Gasteiger partial charge in [-0.15, -0.1) is 0 Å². The van der Waals surface area contributed by atoms with Gasteiger partial charge in [0.2, 0.25) is 0 Å². The Labute approximate surface area is 188 Å². The van der Waals surface area contributed by atoms with Crippen LogP contribution in [-0.2, 0) is 0 Å². The third-order valence-corrected chi connectivity index (χ3v) is 4.73. The number of hydrogen-bond donors (Lipinski definition) is 0. The number of nitrogens with zero attached hydrogens (tertiary/aromatic N) is 1. The van der Waals surface area contributed by atoms with Crippen molar-refractivity contribution in [3.63, 3.8) is 0 Å².